The van der Waals surface area contributed by atoms with Crippen LogP contribution in [0.25, 0.3) is 0 Å². The lowest BCUT2D eigenvalue weighted by Crippen LogP contribution is -2.50. The molecular formula is C15H24N2O. The average Bonchev–Trinajstić information content (AvgIpc) is 2.34. The third-order valence-electron chi connectivity index (χ3n) is 3.41. The molecule has 0 radical (unpaired) electrons. The molecule has 0 saturated carbocycles. The fraction of sp³-hybridized carbons (Fsp3) is 0.600. The first kappa shape index (κ1) is 13.4. The maximum atomic E-state index is 5.66. The second-order valence-corrected chi connectivity index (χ2v) is 5.35. The van der Waals surface area contributed by atoms with Gasteiger partial charge in [0.15, 0.2) is 0 Å². The predicted molar refractivity (Wildman–Crippen MR) is 75.2 cm³/mol. The van der Waals surface area contributed by atoms with Gasteiger partial charge in [-0.15, -0.1) is 0 Å². The summed E-state index contributed by atoms with van der Waals surface area (Å²) in [5.41, 5.74) is 1.38. The molecule has 1 N–H and O–H groups in total. The zero-order valence-corrected chi connectivity index (χ0v) is 11.6. The number of nitrogens with zero attached hydrogens (tertiary/aromatic N) is 1. The van der Waals surface area contributed by atoms with Crippen molar-refractivity contribution >= 4 is 0 Å². The largest absolute Gasteiger partial charge is 0.491 e. The van der Waals surface area contributed by atoms with Gasteiger partial charge in [-0.05, 0) is 45.0 Å². The van der Waals surface area contributed by atoms with Crippen LogP contribution in [-0.2, 0) is 6.42 Å². The highest BCUT2D eigenvalue weighted by molar-refractivity contribution is 5.28. The van der Waals surface area contributed by atoms with Gasteiger partial charge >= 0.3 is 0 Å². The fourth-order valence-corrected chi connectivity index (χ4v) is 2.34. The molecule has 3 heteroatoms. The fourth-order valence-electron chi connectivity index (χ4n) is 2.34. The van der Waals surface area contributed by atoms with Crippen molar-refractivity contribution in [1.29, 1.82) is 0 Å². The van der Waals surface area contributed by atoms with Crippen LogP contribution in [-0.4, -0.2) is 43.7 Å². The molecule has 2 rings (SSSR count). The SMILES string of the molecule is CC(C)Oc1ccc(CC2CNCCN2C)cc1. The normalized spacial score (nSPS) is 21.2. The molecule has 1 unspecified atom stereocenters. The van der Waals surface area contributed by atoms with Crippen LogP contribution in [0.4, 0.5) is 0 Å². The van der Waals surface area contributed by atoms with E-state index in [4.69, 9.17) is 4.74 Å². The summed E-state index contributed by atoms with van der Waals surface area (Å²) in [5.74, 6) is 0.962. The van der Waals surface area contributed by atoms with Crippen molar-refractivity contribution in [1.82, 2.24) is 10.2 Å². The number of nitrogens with one attached hydrogen (secondary N) is 1. The molecule has 100 valence electrons. The minimum absolute atomic E-state index is 0.240. The zero-order chi connectivity index (χ0) is 13.0. The Hall–Kier alpha value is -1.06. The van der Waals surface area contributed by atoms with Crippen LogP contribution in [0.15, 0.2) is 24.3 Å². The molecule has 0 aromatic heterocycles. The van der Waals surface area contributed by atoms with Gasteiger partial charge in [0.25, 0.3) is 0 Å². The van der Waals surface area contributed by atoms with Gasteiger partial charge in [-0.2, -0.15) is 0 Å². The van der Waals surface area contributed by atoms with Gasteiger partial charge in [0.1, 0.15) is 5.75 Å². The average molecular weight is 248 g/mol. The van der Waals surface area contributed by atoms with Crippen molar-refractivity contribution < 1.29 is 4.74 Å². The zero-order valence-electron chi connectivity index (χ0n) is 11.6. The first-order valence-corrected chi connectivity index (χ1v) is 6.81. The molecule has 18 heavy (non-hydrogen) atoms. The van der Waals surface area contributed by atoms with Crippen LogP contribution < -0.4 is 10.1 Å². The van der Waals surface area contributed by atoms with Crippen molar-refractivity contribution in [3.63, 3.8) is 0 Å². The molecule has 0 aliphatic carbocycles. The number of piperazine rings is 1. The molecule has 0 spiro atoms. The number of ether oxygens (including phenoxy) is 1. The number of hydrogen-bond donors (Lipinski definition) is 1. The molecule has 0 amide bonds. The number of benzene rings is 1. The lowest BCUT2D eigenvalue weighted by Gasteiger charge is -2.33. The van der Waals surface area contributed by atoms with E-state index in [1.54, 1.807) is 0 Å². The first-order chi connectivity index (χ1) is 8.65. The molecule has 1 atom stereocenters. The molecule has 0 bridgehead atoms. The van der Waals surface area contributed by atoms with Crippen molar-refractivity contribution in [2.24, 2.45) is 0 Å². The Kier molecular flexibility index (Phi) is 4.61. The van der Waals surface area contributed by atoms with E-state index in [1.165, 1.54) is 5.56 Å². The molecule has 1 heterocycles. The van der Waals surface area contributed by atoms with E-state index >= 15 is 0 Å². The topological polar surface area (TPSA) is 24.5 Å². The van der Waals surface area contributed by atoms with Gasteiger partial charge in [0.05, 0.1) is 6.10 Å². The van der Waals surface area contributed by atoms with E-state index in [0.717, 1.165) is 31.8 Å². The molecule has 3 nitrogen and oxygen atoms in total. The smallest absolute Gasteiger partial charge is 0.119 e. The van der Waals surface area contributed by atoms with E-state index < -0.39 is 0 Å². The first-order valence-electron chi connectivity index (χ1n) is 6.81. The summed E-state index contributed by atoms with van der Waals surface area (Å²) >= 11 is 0. The van der Waals surface area contributed by atoms with Crippen LogP contribution in [0.1, 0.15) is 19.4 Å². The molecule has 1 aliphatic heterocycles. The van der Waals surface area contributed by atoms with E-state index in [1.807, 2.05) is 0 Å². The quantitative estimate of drug-likeness (QED) is 0.881. The van der Waals surface area contributed by atoms with Crippen molar-refractivity contribution in [3.05, 3.63) is 29.8 Å². The minimum Gasteiger partial charge on any atom is -0.491 e. The van der Waals surface area contributed by atoms with Gasteiger partial charge in [-0.3, -0.25) is 0 Å². The van der Waals surface area contributed by atoms with E-state index in [0.29, 0.717) is 6.04 Å². The minimum atomic E-state index is 0.240. The molecular weight excluding hydrogens is 224 g/mol. The lowest BCUT2D eigenvalue weighted by molar-refractivity contribution is 0.199. The van der Waals surface area contributed by atoms with Crippen molar-refractivity contribution in [2.45, 2.75) is 32.4 Å². The highest BCUT2D eigenvalue weighted by atomic mass is 16.5. The highest BCUT2D eigenvalue weighted by Crippen LogP contribution is 2.16. The van der Waals surface area contributed by atoms with Crippen molar-refractivity contribution in [2.75, 3.05) is 26.7 Å². The molecule has 1 aliphatic rings. The Morgan fingerprint density at radius 1 is 1.33 bits per heavy atom. The van der Waals surface area contributed by atoms with Gasteiger partial charge in [0, 0.05) is 25.7 Å². The van der Waals surface area contributed by atoms with Crippen LogP contribution in [0.2, 0.25) is 0 Å². The molecule has 1 fully saturated rings. The molecule has 1 saturated heterocycles. The van der Waals surface area contributed by atoms with Crippen LogP contribution in [0.5, 0.6) is 5.75 Å². The third kappa shape index (κ3) is 3.72. The second-order valence-electron chi connectivity index (χ2n) is 5.35. The van der Waals surface area contributed by atoms with Crippen LogP contribution in [0, 0.1) is 0 Å². The Labute approximate surface area is 110 Å². The lowest BCUT2D eigenvalue weighted by atomic mass is 10.0. The predicted octanol–water partition coefficient (Wildman–Crippen LogP) is 1.92. The third-order valence-corrected chi connectivity index (χ3v) is 3.41. The van der Waals surface area contributed by atoms with Gasteiger partial charge in [-0.1, -0.05) is 12.1 Å². The summed E-state index contributed by atoms with van der Waals surface area (Å²) < 4.78 is 5.66. The summed E-state index contributed by atoms with van der Waals surface area (Å²) in [7, 11) is 2.21. The number of hydrogen-bond acceptors (Lipinski definition) is 3. The van der Waals surface area contributed by atoms with E-state index in [-0.39, 0.29) is 6.10 Å². The number of likely N-dealkylation sites (N-methyl/N-ethyl adjacent to an activating group) is 1. The maximum Gasteiger partial charge on any atom is 0.119 e. The molecule has 1 aromatic carbocycles. The van der Waals surface area contributed by atoms with E-state index in [2.05, 4.69) is 55.4 Å². The monoisotopic (exact) mass is 248 g/mol. The summed E-state index contributed by atoms with van der Waals surface area (Å²) in [4.78, 5) is 2.44. The second kappa shape index (κ2) is 6.21. The standard InChI is InChI=1S/C15H24N2O/c1-12(2)18-15-6-4-13(5-7-15)10-14-11-16-8-9-17(14)3/h4-7,12,14,16H,8-11H2,1-3H3. The summed E-state index contributed by atoms with van der Waals surface area (Å²) in [6.07, 6.45) is 1.34. The van der Waals surface area contributed by atoms with E-state index in [9.17, 15) is 0 Å². The maximum absolute atomic E-state index is 5.66. The highest BCUT2D eigenvalue weighted by Gasteiger charge is 2.18. The van der Waals surface area contributed by atoms with Gasteiger partial charge < -0.3 is 15.0 Å². The Bertz CT molecular complexity index is 361. The molecule has 1 aromatic rings. The Morgan fingerprint density at radius 3 is 2.67 bits per heavy atom. The van der Waals surface area contributed by atoms with Crippen LogP contribution >= 0.6 is 0 Å². The Morgan fingerprint density at radius 2 is 2.06 bits per heavy atom. The summed E-state index contributed by atoms with van der Waals surface area (Å²) in [6, 6.07) is 9.12. The van der Waals surface area contributed by atoms with Crippen LogP contribution in [0.3, 0.4) is 0 Å². The Balaban J connectivity index is 1.93. The number of rotatable bonds is 4. The van der Waals surface area contributed by atoms with Gasteiger partial charge in [-0.25, -0.2) is 0 Å². The van der Waals surface area contributed by atoms with Gasteiger partial charge in [0.2, 0.25) is 0 Å². The summed E-state index contributed by atoms with van der Waals surface area (Å²) in [5, 5.41) is 3.46. The van der Waals surface area contributed by atoms with Crippen molar-refractivity contribution in [3.8, 4) is 5.75 Å². The summed E-state index contributed by atoms with van der Waals surface area (Å²) in [6.45, 7) is 7.43.